The second-order valence-corrected chi connectivity index (χ2v) is 6.40. The molecule has 4 heteroatoms. The normalized spacial score (nSPS) is 23.8. The molecule has 0 aromatic heterocycles. The largest absolute Gasteiger partial charge is 0.497 e. The molecule has 0 spiro atoms. The lowest BCUT2D eigenvalue weighted by Crippen LogP contribution is -2.25. The van der Waals surface area contributed by atoms with Crippen LogP contribution in [-0.2, 0) is 4.74 Å². The van der Waals surface area contributed by atoms with Crippen LogP contribution in [-0.4, -0.2) is 37.4 Å². The van der Waals surface area contributed by atoms with Crippen LogP contribution in [0.4, 0.5) is 0 Å². The van der Waals surface area contributed by atoms with Crippen molar-refractivity contribution in [3.63, 3.8) is 0 Å². The molecule has 0 bridgehead atoms. The molecule has 20 heavy (non-hydrogen) atoms. The van der Waals surface area contributed by atoms with Crippen molar-refractivity contribution in [2.45, 2.75) is 37.7 Å². The summed E-state index contributed by atoms with van der Waals surface area (Å²) in [7, 11) is 1.72. The number of hydrogen-bond donors (Lipinski definition) is 1. The second-order valence-electron chi connectivity index (χ2n) is 5.12. The van der Waals surface area contributed by atoms with Crippen LogP contribution >= 0.6 is 11.8 Å². The molecule has 1 fully saturated rings. The van der Waals surface area contributed by atoms with Gasteiger partial charge in [0.2, 0.25) is 0 Å². The maximum absolute atomic E-state index is 5.64. The summed E-state index contributed by atoms with van der Waals surface area (Å²) < 4.78 is 11.0. The van der Waals surface area contributed by atoms with E-state index in [2.05, 4.69) is 37.4 Å². The highest BCUT2D eigenvalue weighted by Gasteiger charge is 2.25. The molecule has 0 saturated carbocycles. The van der Waals surface area contributed by atoms with Crippen molar-refractivity contribution < 1.29 is 9.47 Å². The summed E-state index contributed by atoms with van der Waals surface area (Å²) in [5.74, 6) is 1.99. The first-order valence-corrected chi connectivity index (χ1v) is 8.40. The van der Waals surface area contributed by atoms with Crippen LogP contribution in [0.2, 0.25) is 0 Å². The van der Waals surface area contributed by atoms with Gasteiger partial charge in [-0.3, -0.25) is 0 Å². The Hall–Kier alpha value is -0.710. The smallest absolute Gasteiger partial charge is 0.119 e. The highest BCUT2D eigenvalue weighted by molar-refractivity contribution is 8.00. The summed E-state index contributed by atoms with van der Waals surface area (Å²) in [6.45, 7) is 6.21. The van der Waals surface area contributed by atoms with Gasteiger partial charge in [-0.15, -0.1) is 0 Å². The van der Waals surface area contributed by atoms with E-state index in [0.29, 0.717) is 17.4 Å². The molecule has 112 valence electrons. The fraction of sp³-hybridized carbons (Fsp3) is 0.625. The molecule has 1 heterocycles. The Labute approximate surface area is 126 Å². The van der Waals surface area contributed by atoms with Gasteiger partial charge in [-0.2, -0.15) is 11.8 Å². The fourth-order valence-corrected chi connectivity index (χ4v) is 3.89. The number of hydrogen-bond acceptors (Lipinski definition) is 4. The summed E-state index contributed by atoms with van der Waals surface area (Å²) in [5, 5.41) is 4.20. The van der Waals surface area contributed by atoms with Crippen molar-refractivity contribution >= 4 is 11.8 Å². The van der Waals surface area contributed by atoms with Crippen molar-refractivity contribution in [1.82, 2.24) is 5.32 Å². The lowest BCUT2D eigenvalue weighted by molar-refractivity contribution is 0.127. The Morgan fingerprint density at radius 3 is 3.00 bits per heavy atom. The molecular formula is C16H25NO2S. The Morgan fingerprint density at radius 1 is 1.50 bits per heavy atom. The molecule has 0 amide bonds. The van der Waals surface area contributed by atoms with Gasteiger partial charge in [-0.05, 0) is 37.6 Å². The highest BCUT2D eigenvalue weighted by Crippen LogP contribution is 2.30. The molecule has 1 saturated heterocycles. The third kappa shape index (κ3) is 4.14. The van der Waals surface area contributed by atoms with Crippen molar-refractivity contribution in [3.8, 4) is 5.75 Å². The molecule has 1 aliphatic heterocycles. The zero-order valence-electron chi connectivity index (χ0n) is 12.6. The van der Waals surface area contributed by atoms with Gasteiger partial charge in [0.25, 0.3) is 0 Å². The van der Waals surface area contributed by atoms with Crippen LogP contribution in [0.1, 0.15) is 31.9 Å². The lowest BCUT2D eigenvalue weighted by atomic mass is 10.1. The van der Waals surface area contributed by atoms with Crippen LogP contribution in [0.5, 0.6) is 5.75 Å². The first-order chi connectivity index (χ1) is 9.74. The van der Waals surface area contributed by atoms with Crippen LogP contribution in [0.3, 0.4) is 0 Å². The van der Waals surface area contributed by atoms with Crippen LogP contribution in [0.25, 0.3) is 0 Å². The van der Waals surface area contributed by atoms with E-state index in [1.165, 1.54) is 12.0 Å². The monoisotopic (exact) mass is 295 g/mol. The summed E-state index contributed by atoms with van der Waals surface area (Å²) >= 11 is 2.02. The van der Waals surface area contributed by atoms with Crippen molar-refractivity contribution in [2.24, 2.45) is 0 Å². The van der Waals surface area contributed by atoms with E-state index in [9.17, 15) is 0 Å². The Morgan fingerprint density at radius 2 is 2.35 bits per heavy atom. The number of methoxy groups -OCH3 is 1. The van der Waals surface area contributed by atoms with Gasteiger partial charge in [0.15, 0.2) is 0 Å². The van der Waals surface area contributed by atoms with Crippen LogP contribution in [0.15, 0.2) is 24.3 Å². The predicted molar refractivity (Wildman–Crippen MR) is 85.7 cm³/mol. The quantitative estimate of drug-likeness (QED) is 0.836. The van der Waals surface area contributed by atoms with Gasteiger partial charge in [-0.1, -0.05) is 19.1 Å². The molecular weight excluding hydrogens is 270 g/mol. The third-order valence-corrected chi connectivity index (χ3v) is 5.30. The van der Waals surface area contributed by atoms with Crippen LogP contribution < -0.4 is 10.1 Å². The number of benzene rings is 1. The summed E-state index contributed by atoms with van der Waals surface area (Å²) in [6.07, 6.45) is 1.55. The molecule has 3 atom stereocenters. The minimum Gasteiger partial charge on any atom is -0.497 e. The van der Waals surface area contributed by atoms with E-state index in [1.54, 1.807) is 7.11 Å². The van der Waals surface area contributed by atoms with Gasteiger partial charge < -0.3 is 14.8 Å². The number of ether oxygens (including phenoxy) is 2. The van der Waals surface area contributed by atoms with Crippen molar-refractivity contribution in [3.05, 3.63) is 29.8 Å². The van der Waals surface area contributed by atoms with E-state index in [0.717, 1.165) is 24.7 Å². The Bertz CT molecular complexity index is 413. The Balaban J connectivity index is 1.98. The zero-order chi connectivity index (χ0) is 14.4. The summed E-state index contributed by atoms with van der Waals surface area (Å²) in [4.78, 5) is 0. The number of thioether (sulfide) groups is 1. The molecule has 1 aromatic carbocycles. The summed E-state index contributed by atoms with van der Waals surface area (Å²) in [6, 6.07) is 8.72. The van der Waals surface area contributed by atoms with Gasteiger partial charge in [0.1, 0.15) is 5.75 Å². The first kappa shape index (κ1) is 15.7. The molecule has 3 unspecified atom stereocenters. The van der Waals surface area contributed by atoms with E-state index in [1.807, 2.05) is 17.8 Å². The number of rotatable bonds is 7. The average Bonchev–Trinajstić information content (AvgIpc) is 2.89. The van der Waals surface area contributed by atoms with Gasteiger partial charge in [-0.25, -0.2) is 0 Å². The fourth-order valence-electron chi connectivity index (χ4n) is 2.53. The topological polar surface area (TPSA) is 30.5 Å². The standard InChI is InChI=1S/C16H25NO2S/c1-4-17-15(11-20-16-8-9-19-12(16)2)13-6-5-7-14(10-13)18-3/h5-7,10,12,15-17H,4,8-9,11H2,1-3H3. The average molecular weight is 295 g/mol. The maximum Gasteiger partial charge on any atom is 0.119 e. The minimum absolute atomic E-state index is 0.368. The van der Waals surface area contributed by atoms with E-state index < -0.39 is 0 Å². The maximum atomic E-state index is 5.64. The molecule has 1 aliphatic rings. The number of nitrogens with one attached hydrogen (secondary N) is 1. The lowest BCUT2D eigenvalue weighted by Gasteiger charge is -2.21. The van der Waals surface area contributed by atoms with E-state index in [4.69, 9.17) is 9.47 Å². The molecule has 0 radical (unpaired) electrons. The van der Waals surface area contributed by atoms with Gasteiger partial charge >= 0.3 is 0 Å². The Kier molecular flexibility index (Phi) is 6.20. The zero-order valence-corrected chi connectivity index (χ0v) is 13.4. The molecule has 1 aromatic rings. The molecule has 1 N–H and O–H groups in total. The predicted octanol–water partition coefficient (Wildman–Crippen LogP) is 3.26. The highest BCUT2D eigenvalue weighted by atomic mass is 32.2. The molecule has 0 aliphatic carbocycles. The van der Waals surface area contributed by atoms with E-state index >= 15 is 0 Å². The third-order valence-electron chi connectivity index (χ3n) is 3.73. The molecule has 3 nitrogen and oxygen atoms in total. The summed E-state index contributed by atoms with van der Waals surface area (Å²) in [5.41, 5.74) is 1.30. The van der Waals surface area contributed by atoms with Crippen molar-refractivity contribution in [2.75, 3.05) is 26.0 Å². The van der Waals surface area contributed by atoms with Crippen molar-refractivity contribution in [1.29, 1.82) is 0 Å². The van der Waals surface area contributed by atoms with Gasteiger partial charge in [0, 0.05) is 23.7 Å². The second kappa shape index (κ2) is 7.91. The first-order valence-electron chi connectivity index (χ1n) is 7.35. The van der Waals surface area contributed by atoms with Crippen LogP contribution in [0, 0.1) is 0 Å². The van der Waals surface area contributed by atoms with Gasteiger partial charge in [0.05, 0.1) is 13.2 Å². The van der Waals surface area contributed by atoms with E-state index in [-0.39, 0.29) is 0 Å². The minimum atomic E-state index is 0.368. The molecule has 2 rings (SSSR count). The SMILES string of the molecule is CCNC(CSC1CCOC1C)c1cccc(OC)c1.